The van der Waals surface area contributed by atoms with E-state index in [0.717, 1.165) is 0 Å². The summed E-state index contributed by atoms with van der Waals surface area (Å²) >= 11 is 6.24. The minimum Gasteiger partial charge on any atom is -0.486 e. The molecule has 0 aliphatic carbocycles. The van der Waals surface area contributed by atoms with Gasteiger partial charge in [-0.25, -0.2) is 0 Å². The zero-order valence-corrected chi connectivity index (χ0v) is 16.1. The number of hydrogen-bond donors (Lipinski definition) is 2. The second-order valence-corrected chi connectivity index (χ2v) is 7.62. The van der Waals surface area contributed by atoms with E-state index in [1.165, 1.54) is 0 Å². The van der Waals surface area contributed by atoms with Gasteiger partial charge in [-0.15, -0.1) is 0 Å². The Hall–Kier alpha value is -2.73. The van der Waals surface area contributed by atoms with E-state index in [9.17, 15) is 9.59 Å². The first-order valence-electron chi connectivity index (χ1n) is 8.56. The molecule has 2 aromatic rings. The van der Waals surface area contributed by atoms with Crippen molar-refractivity contribution in [3.8, 4) is 11.5 Å². The highest BCUT2D eigenvalue weighted by Crippen LogP contribution is 2.38. The number of ether oxygens (including phenoxy) is 2. The lowest BCUT2D eigenvalue weighted by Gasteiger charge is -2.20. The third kappa shape index (κ3) is 4.52. The summed E-state index contributed by atoms with van der Waals surface area (Å²) in [4.78, 5) is 24.7. The van der Waals surface area contributed by atoms with Gasteiger partial charge in [-0.3, -0.25) is 9.59 Å². The maximum Gasteiger partial charge on any atom is 0.255 e. The number of fused-ring (bicyclic) bond motifs is 1. The van der Waals surface area contributed by atoms with Gasteiger partial charge in [0.1, 0.15) is 13.2 Å². The van der Waals surface area contributed by atoms with Gasteiger partial charge in [0.25, 0.3) is 5.91 Å². The van der Waals surface area contributed by atoms with Crippen LogP contribution in [0.4, 0.5) is 11.4 Å². The molecular formula is C20H21ClN2O4. The molecule has 7 heteroatoms. The minimum atomic E-state index is -0.531. The van der Waals surface area contributed by atoms with E-state index in [1.54, 1.807) is 36.4 Å². The van der Waals surface area contributed by atoms with E-state index in [0.29, 0.717) is 46.7 Å². The lowest BCUT2D eigenvalue weighted by Crippen LogP contribution is -2.27. The molecule has 0 spiro atoms. The highest BCUT2D eigenvalue weighted by Gasteiger charge is 2.22. The van der Waals surface area contributed by atoms with Crippen LogP contribution in [-0.2, 0) is 4.79 Å². The molecular weight excluding hydrogens is 368 g/mol. The molecule has 0 unspecified atom stereocenters. The predicted octanol–water partition coefficient (Wildman–Crippen LogP) is 4.35. The zero-order valence-electron chi connectivity index (χ0n) is 15.4. The van der Waals surface area contributed by atoms with Gasteiger partial charge in [-0.1, -0.05) is 38.4 Å². The Labute approximate surface area is 162 Å². The first kappa shape index (κ1) is 19.0. The van der Waals surface area contributed by atoms with Gasteiger partial charge in [0.2, 0.25) is 5.91 Å². The Bertz CT molecular complexity index is 890. The Balaban J connectivity index is 1.77. The molecule has 0 saturated heterocycles. The summed E-state index contributed by atoms with van der Waals surface area (Å²) in [6.07, 6.45) is 0. The normalized spacial score (nSPS) is 13.0. The highest BCUT2D eigenvalue weighted by atomic mass is 35.5. The van der Waals surface area contributed by atoms with Gasteiger partial charge in [0.15, 0.2) is 11.5 Å². The molecule has 3 rings (SSSR count). The van der Waals surface area contributed by atoms with Crippen LogP contribution in [-0.4, -0.2) is 25.0 Å². The summed E-state index contributed by atoms with van der Waals surface area (Å²) in [6, 6.07) is 9.97. The van der Waals surface area contributed by atoms with Crippen molar-refractivity contribution in [3.05, 3.63) is 47.0 Å². The lowest BCUT2D eigenvalue weighted by atomic mass is 9.95. The fourth-order valence-corrected chi connectivity index (χ4v) is 2.61. The van der Waals surface area contributed by atoms with Crippen molar-refractivity contribution in [1.82, 2.24) is 0 Å². The van der Waals surface area contributed by atoms with Gasteiger partial charge in [0, 0.05) is 28.8 Å². The second-order valence-electron chi connectivity index (χ2n) is 7.21. The van der Waals surface area contributed by atoms with Crippen LogP contribution in [0.5, 0.6) is 11.5 Å². The topological polar surface area (TPSA) is 76.7 Å². The third-order valence-corrected chi connectivity index (χ3v) is 4.26. The number of carbonyl (C=O) groups excluding carboxylic acids is 2. The molecule has 0 radical (unpaired) electrons. The van der Waals surface area contributed by atoms with Crippen LogP contribution in [0.2, 0.25) is 5.02 Å². The van der Waals surface area contributed by atoms with Gasteiger partial charge < -0.3 is 20.1 Å². The average molecular weight is 389 g/mol. The minimum absolute atomic E-state index is 0.130. The van der Waals surface area contributed by atoms with Crippen molar-refractivity contribution in [2.75, 3.05) is 23.8 Å². The van der Waals surface area contributed by atoms with Crippen molar-refractivity contribution in [1.29, 1.82) is 0 Å². The van der Waals surface area contributed by atoms with Gasteiger partial charge >= 0.3 is 0 Å². The van der Waals surface area contributed by atoms with Gasteiger partial charge in [0.05, 0.1) is 10.7 Å². The summed E-state index contributed by atoms with van der Waals surface area (Å²) in [5, 5.41) is 5.93. The number of amides is 2. The number of hydrogen-bond acceptors (Lipinski definition) is 4. The SMILES string of the molecule is CC(C)(C)C(=O)Nc1cccc(C(=O)Nc2cc3c(cc2Cl)OCCO3)c1. The number of nitrogens with one attached hydrogen (secondary N) is 2. The quantitative estimate of drug-likeness (QED) is 0.819. The molecule has 0 saturated carbocycles. The van der Waals surface area contributed by atoms with Crippen LogP contribution in [0, 0.1) is 5.41 Å². The average Bonchev–Trinajstić information content (AvgIpc) is 2.61. The Kier molecular flexibility index (Phi) is 5.28. The molecule has 2 aromatic carbocycles. The molecule has 27 heavy (non-hydrogen) atoms. The third-order valence-electron chi connectivity index (χ3n) is 3.94. The summed E-state index contributed by atoms with van der Waals surface area (Å²) in [5.41, 5.74) is 0.843. The number of halogens is 1. The molecule has 1 heterocycles. The van der Waals surface area contributed by atoms with Crippen molar-refractivity contribution in [2.45, 2.75) is 20.8 Å². The molecule has 6 nitrogen and oxygen atoms in total. The van der Waals surface area contributed by atoms with E-state index < -0.39 is 5.41 Å². The number of anilines is 2. The number of rotatable bonds is 3. The van der Waals surface area contributed by atoms with E-state index >= 15 is 0 Å². The van der Waals surface area contributed by atoms with E-state index in [-0.39, 0.29) is 11.8 Å². The lowest BCUT2D eigenvalue weighted by molar-refractivity contribution is -0.123. The van der Waals surface area contributed by atoms with Crippen molar-refractivity contribution in [3.63, 3.8) is 0 Å². The number of benzene rings is 2. The first-order valence-corrected chi connectivity index (χ1v) is 8.94. The van der Waals surface area contributed by atoms with Crippen LogP contribution < -0.4 is 20.1 Å². The predicted molar refractivity (Wildman–Crippen MR) is 105 cm³/mol. The maximum atomic E-state index is 12.6. The molecule has 2 N–H and O–H groups in total. The maximum absolute atomic E-state index is 12.6. The van der Waals surface area contributed by atoms with E-state index in [4.69, 9.17) is 21.1 Å². The molecule has 0 aromatic heterocycles. The molecule has 1 aliphatic heterocycles. The molecule has 2 amide bonds. The summed E-state index contributed by atoms with van der Waals surface area (Å²) in [7, 11) is 0. The second kappa shape index (κ2) is 7.48. The van der Waals surface area contributed by atoms with Crippen molar-refractivity contribution < 1.29 is 19.1 Å². The standard InChI is InChI=1S/C20H21ClN2O4/c1-20(2,3)19(25)22-13-6-4-5-12(9-13)18(24)23-15-11-17-16(10-14(15)21)26-7-8-27-17/h4-6,9-11H,7-8H2,1-3H3,(H,22,25)(H,23,24). The number of carbonyl (C=O) groups is 2. The fourth-order valence-electron chi connectivity index (χ4n) is 2.41. The molecule has 1 aliphatic rings. The fraction of sp³-hybridized carbons (Fsp3) is 0.300. The summed E-state index contributed by atoms with van der Waals surface area (Å²) in [5.74, 6) is 0.610. The Morgan fingerprint density at radius 3 is 2.33 bits per heavy atom. The molecule has 142 valence electrons. The van der Waals surface area contributed by atoms with Crippen LogP contribution in [0.15, 0.2) is 36.4 Å². The zero-order chi connectivity index (χ0) is 19.6. The largest absolute Gasteiger partial charge is 0.486 e. The van der Waals surface area contributed by atoms with Gasteiger partial charge in [-0.05, 0) is 18.2 Å². The highest BCUT2D eigenvalue weighted by molar-refractivity contribution is 6.34. The summed E-state index contributed by atoms with van der Waals surface area (Å²) < 4.78 is 11.0. The summed E-state index contributed by atoms with van der Waals surface area (Å²) in [6.45, 7) is 6.37. The van der Waals surface area contributed by atoms with Crippen LogP contribution >= 0.6 is 11.6 Å². The monoisotopic (exact) mass is 388 g/mol. The van der Waals surface area contributed by atoms with Crippen LogP contribution in [0.3, 0.4) is 0 Å². The first-order chi connectivity index (χ1) is 12.7. The van der Waals surface area contributed by atoms with E-state index in [1.807, 2.05) is 20.8 Å². The van der Waals surface area contributed by atoms with Crippen molar-refractivity contribution in [2.24, 2.45) is 5.41 Å². The Morgan fingerprint density at radius 1 is 1.00 bits per heavy atom. The molecule has 0 fully saturated rings. The van der Waals surface area contributed by atoms with Gasteiger partial charge in [-0.2, -0.15) is 0 Å². The molecule has 0 bridgehead atoms. The molecule has 0 atom stereocenters. The smallest absolute Gasteiger partial charge is 0.255 e. The Morgan fingerprint density at radius 2 is 1.67 bits per heavy atom. The van der Waals surface area contributed by atoms with Crippen LogP contribution in [0.25, 0.3) is 0 Å². The van der Waals surface area contributed by atoms with Crippen molar-refractivity contribution >= 4 is 34.8 Å². The van der Waals surface area contributed by atoms with E-state index in [2.05, 4.69) is 10.6 Å². The van der Waals surface area contributed by atoms with Crippen LogP contribution in [0.1, 0.15) is 31.1 Å².